The van der Waals surface area contributed by atoms with Crippen molar-refractivity contribution in [1.29, 1.82) is 0 Å². The minimum Gasteiger partial charge on any atom is -0.370 e. The molecule has 9 heteroatoms. The lowest BCUT2D eigenvalue weighted by molar-refractivity contribution is -0.123. The molecule has 1 aromatic carbocycles. The molecule has 1 atom stereocenters. The van der Waals surface area contributed by atoms with E-state index in [-0.39, 0.29) is 17.0 Å². The van der Waals surface area contributed by atoms with Gasteiger partial charge in [0, 0.05) is 5.69 Å². The summed E-state index contributed by atoms with van der Waals surface area (Å²) in [7, 11) is -2.32. The molecule has 8 nitrogen and oxygen atoms in total. The van der Waals surface area contributed by atoms with Crippen LogP contribution in [0.5, 0.6) is 0 Å². The number of primary amides is 1. The zero-order valence-electron chi connectivity index (χ0n) is 10.8. The molecule has 6 N–H and O–H groups in total. The summed E-state index contributed by atoms with van der Waals surface area (Å²) in [6.07, 6.45) is -0.291. The highest BCUT2D eigenvalue weighted by atomic mass is 32.2. The monoisotopic (exact) mass is 300 g/mol. The summed E-state index contributed by atoms with van der Waals surface area (Å²) in [5, 5.41) is 2.42. The van der Waals surface area contributed by atoms with E-state index in [1.54, 1.807) is 0 Å². The molecular formula is C11H16N4O4S. The number of hydrogen-bond acceptors (Lipinski definition) is 5. The maximum atomic E-state index is 11.7. The first-order chi connectivity index (χ1) is 9.26. The molecule has 0 saturated carbocycles. The minimum atomic E-state index is -3.60. The standard InChI is InChI=1S/C11H16N4O4S/c1-14-20(18,19)8-4-2-3-7(5-8)15-11(17)9(12)6-10(13)16/h2-5,9,14H,6,12H2,1H3,(H2,13,16)(H,15,17). The SMILES string of the molecule is CNS(=O)(=O)c1cccc(NC(=O)C(N)CC(N)=O)c1. The second-order valence-electron chi connectivity index (χ2n) is 4.00. The molecule has 0 radical (unpaired) electrons. The Morgan fingerprint density at radius 3 is 2.55 bits per heavy atom. The van der Waals surface area contributed by atoms with E-state index in [1.807, 2.05) is 0 Å². The molecule has 0 saturated heterocycles. The molecule has 0 aliphatic heterocycles. The van der Waals surface area contributed by atoms with Crippen molar-refractivity contribution in [3.63, 3.8) is 0 Å². The lowest BCUT2D eigenvalue weighted by atomic mass is 10.2. The van der Waals surface area contributed by atoms with Crippen LogP contribution < -0.4 is 21.5 Å². The van der Waals surface area contributed by atoms with E-state index in [4.69, 9.17) is 11.5 Å². The van der Waals surface area contributed by atoms with Crippen molar-refractivity contribution < 1.29 is 18.0 Å². The van der Waals surface area contributed by atoms with Crippen LogP contribution in [0.1, 0.15) is 6.42 Å². The summed E-state index contributed by atoms with van der Waals surface area (Å²) in [6.45, 7) is 0. The first-order valence-electron chi connectivity index (χ1n) is 5.64. The Kier molecular flexibility index (Phi) is 5.19. The molecule has 0 aromatic heterocycles. The second-order valence-corrected chi connectivity index (χ2v) is 5.89. The molecule has 0 heterocycles. The highest BCUT2D eigenvalue weighted by Crippen LogP contribution is 2.15. The van der Waals surface area contributed by atoms with Gasteiger partial charge in [-0.1, -0.05) is 6.07 Å². The Morgan fingerprint density at radius 1 is 1.35 bits per heavy atom. The summed E-state index contributed by atoms with van der Waals surface area (Å²) in [4.78, 5) is 22.3. The predicted octanol–water partition coefficient (Wildman–Crippen LogP) is -1.26. The van der Waals surface area contributed by atoms with E-state index in [2.05, 4.69) is 10.0 Å². The number of amides is 2. The van der Waals surface area contributed by atoms with E-state index >= 15 is 0 Å². The van der Waals surface area contributed by atoms with Crippen molar-refractivity contribution in [2.24, 2.45) is 11.5 Å². The fourth-order valence-corrected chi connectivity index (χ4v) is 2.18. The maximum Gasteiger partial charge on any atom is 0.241 e. The van der Waals surface area contributed by atoms with Crippen molar-refractivity contribution in [1.82, 2.24) is 4.72 Å². The molecule has 0 aliphatic carbocycles. The summed E-state index contributed by atoms with van der Waals surface area (Å²) in [6, 6.07) is 4.55. The molecule has 20 heavy (non-hydrogen) atoms. The summed E-state index contributed by atoms with van der Waals surface area (Å²) < 4.78 is 25.4. The molecule has 0 aliphatic rings. The topological polar surface area (TPSA) is 144 Å². The van der Waals surface area contributed by atoms with Gasteiger partial charge in [0.15, 0.2) is 0 Å². The van der Waals surface area contributed by atoms with Gasteiger partial charge in [0.25, 0.3) is 0 Å². The van der Waals surface area contributed by atoms with Gasteiger partial charge in [-0.25, -0.2) is 13.1 Å². The van der Waals surface area contributed by atoms with Crippen molar-refractivity contribution in [3.8, 4) is 0 Å². The Bertz CT molecular complexity index is 615. The van der Waals surface area contributed by atoms with Crippen LogP contribution >= 0.6 is 0 Å². The molecule has 0 bridgehead atoms. The van der Waals surface area contributed by atoms with Crippen LogP contribution in [0.3, 0.4) is 0 Å². The van der Waals surface area contributed by atoms with E-state index in [0.717, 1.165) is 0 Å². The Morgan fingerprint density at radius 2 is 2.00 bits per heavy atom. The maximum absolute atomic E-state index is 11.7. The highest BCUT2D eigenvalue weighted by Gasteiger charge is 2.17. The third kappa shape index (κ3) is 4.30. The molecule has 1 aromatic rings. The van der Waals surface area contributed by atoms with Crippen LogP contribution in [-0.2, 0) is 19.6 Å². The largest absolute Gasteiger partial charge is 0.370 e. The number of carbonyl (C=O) groups excluding carboxylic acids is 2. The number of nitrogens with one attached hydrogen (secondary N) is 2. The number of benzene rings is 1. The number of sulfonamides is 1. The van der Waals surface area contributed by atoms with E-state index < -0.39 is 27.9 Å². The summed E-state index contributed by atoms with van der Waals surface area (Å²) in [5.41, 5.74) is 10.7. The van der Waals surface area contributed by atoms with Gasteiger partial charge < -0.3 is 16.8 Å². The Hall–Kier alpha value is -1.97. The van der Waals surface area contributed by atoms with Crippen molar-refractivity contribution in [2.45, 2.75) is 17.4 Å². The zero-order valence-corrected chi connectivity index (χ0v) is 11.6. The van der Waals surface area contributed by atoms with Gasteiger partial charge in [-0.2, -0.15) is 0 Å². The van der Waals surface area contributed by atoms with Crippen LogP contribution in [0.4, 0.5) is 5.69 Å². The number of nitrogens with two attached hydrogens (primary N) is 2. The summed E-state index contributed by atoms with van der Waals surface area (Å²) >= 11 is 0. The average molecular weight is 300 g/mol. The van der Waals surface area contributed by atoms with Crippen LogP contribution in [0.2, 0.25) is 0 Å². The van der Waals surface area contributed by atoms with Gasteiger partial charge in [0.1, 0.15) is 0 Å². The zero-order chi connectivity index (χ0) is 15.3. The number of anilines is 1. The van der Waals surface area contributed by atoms with Gasteiger partial charge in [0.05, 0.1) is 17.4 Å². The van der Waals surface area contributed by atoms with Crippen LogP contribution in [0.15, 0.2) is 29.2 Å². The molecule has 2 amide bonds. The van der Waals surface area contributed by atoms with Gasteiger partial charge in [0.2, 0.25) is 21.8 Å². The van der Waals surface area contributed by atoms with Crippen molar-refractivity contribution in [2.75, 3.05) is 12.4 Å². The van der Waals surface area contributed by atoms with E-state index in [1.165, 1.54) is 31.3 Å². The Labute approximate surface area is 116 Å². The summed E-state index contributed by atoms with van der Waals surface area (Å²) in [5.74, 6) is -1.32. The third-order valence-corrected chi connectivity index (χ3v) is 3.85. The van der Waals surface area contributed by atoms with Gasteiger partial charge in [-0.3, -0.25) is 9.59 Å². The van der Waals surface area contributed by atoms with Crippen LogP contribution in [0.25, 0.3) is 0 Å². The second kappa shape index (κ2) is 6.46. The van der Waals surface area contributed by atoms with E-state index in [0.29, 0.717) is 0 Å². The average Bonchev–Trinajstić information content (AvgIpc) is 2.38. The Balaban J connectivity index is 2.87. The number of rotatable bonds is 6. The first kappa shape index (κ1) is 16.1. The smallest absolute Gasteiger partial charge is 0.241 e. The molecular weight excluding hydrogens is 284 g/mol. The normalized spacial score (nSPS) is 12.7. The van der Waals surface area contributed by atoms with Crippen molar-refractivity contribution in [3.05, 3.63) is 24.3 Å². The highest BCUT2D eigenvalue weighted by molar-refractivity contribution is 7.89. The first-order valence-corrected chi connectivity index (χ1v) is 7.13. The van der Waals surface area contributed by atoms with Gasteiger partial charge in [-0.15, -0.1) is 0 Å². The predicted molar refractivity (Wildman–Crippen MR) is 73.1 cm³/mol. The molecule has 1 rings (SSSR count). The van der Waals surface area contributed by atoms with Crippen molar-refractivity contribution >= 4 is 27.5 Å². The van der Waals surface area contributed by atoms with Crippen LogP contribution in [-0.4, -0.2) is 33.3 Å². The fourth-order valence-electron chi connectivity index (χ4n) is 1.40. The molecule has 0 spiro atoms. The fraction of sp³-hybridized carbons (Fsp3) is 0.273. The number of carbonyl (C=O) groups is 2. The molecule has 0 fully saturated rings. The van der Waals surface area contributed by atoms with Gasteiger partial charge >= 0.3 is 0 Å². The molecule has 110 valence electrons. The lowest BCUT2D eigenvalue weighted by Crippen LogP contribution is -2.39. The van der Waals surface area contributed by atoms with Gasteiger partial charge in [-0.05, 0) is 25.2 Å². The third-order valence-electron chi connectivity index (χ3n) is 2.44. The quantitative estimate of drug-likeness (QED) is 0.518. The van der Waals surface area contributed by atoms with E-state index in [9.17, 15) is 18.0 Å². The van der Waals surface area contributed by atoms with Crippen LogP contribution in [0, 0.1) is 0 Å². The minimum absolute atomic E-state index is 0.00118. The molecule has 1 unspecified atom stereocenters. The number of hydrogen-bond donors (Lipinski definition) is 4. The lowest BCUT2D eigenvalue weighted by Gasteiger charge is -2.11.